The molecule has 0 saturated carbocycles. The van der Waals surface area contributed by atoms with E-state index in [4.69, 9.17) is 9.47 Å². The zero-order valence-corrected chi connectivity index (χ0v) is 14.5. The lowest BCUT2D eigenvalue weighted by Gasteiger charge is -2.19. The van der Waals surface area contributed by atoms with E-state index in [2.05, 4.69) is 17.4 Å². The largest absolute Gasteiger partial charge is 0.489 e. The van der Waals surface area contributed by atoms with Gasteiger partial charge in [-0.3, -0.25) is 0 Å². The van der Waals surface area contributed by atoms with Gasteiger partial charge in [-0.1, -0.05) is 42.5 Å². The third-order valence-electron chi connectivity index (χ3n) is 4.42. The van der Waals surface area contributed by atoms with Crippen molar-refractivity contribution in [2.45, 2.75) is 12.3 Å². The Morgan fingerprint density at radius 2 is 1.88 bits per heavy atom. The third kappa shape index (κ3) is 4.51. The minimum absolute atomic E-state index is 0.0822. The van der Waals surface area contributed by atoms with Gasteiger partial charge in [0.25, 0.3) is 0 Å². The van der Waals surface area contributed by atoms with E-state index in [1.54, 1.807) is 7.11 Å². The molecular weight excluding hydrogens is 316 g/mol. The second-order valence-corrected chi connectivity index (χ2v) is 6.11. The van der Waals surface area contributed by atoms with Crippen LogP contribution in [0.4, 0.5) is 10.5 Å². The normalized spacial score (nSPS) is 16.7. The Bertz CT molecular complexity index is 690. The maximum absolute atomic E-state index is 12.6. The second kappa shape index (κ2) is 8.53. The van der Waals surface area contributed by atoms with Crippen molar-refractivity contribution in [2.75, 3.05) is 38.7 Å². The van der Waals surface area contributed by atoms with E-state index < -0.39 is 0 Å². The molecule has 2 amide bonds. The summed E-state index contributed by atoms with van der Waals surface area (Å²) < 4.78 is 10.7. The van der Waals surface area contributed by atoms with Gasteiger partial charge in [-0.15, -0.1) is 0 Å². The van der Waals surface area contributed by atoms with Crippen LogP contribution in [0.2, 0.25) is 0 Å². The van der Waals surface area contributed by atoms with E-state index in [0.717, 1.165) is 19.5 Å². The highest BCUT2D eigenvalue weighted by atomic mass is 16.5. The van der Waals surface area contributed by atoms with Crippen LogP contribution in [0.15, 0.2) is 54.6 Å². The smallest absolute Gasteiger partial charge is 0.321 e. The Labute approximate surface area is 148 Å². The summed E-state index contributed by atoms with van der Waals surface area (Å²) >= 11 is 0. The van der Waals surface area contributed by atoms with Crippen molar-refractivity contribution < 1.29 is 14.3 Å². The first-order chi connectivity index (χ1) is 12.3. The van der Waals surface area contributed by atoms with Crippen molar-refractivity contribution in [3.8, 4) is 5.75 Å². The molecule has 1 aliphatic rings. The highest BCUT2D eigenvalue weighted by Gasteiger charge is 2.27. The number of nitrogens with one attached hydrogen (secondary N) is 1. The molecule has 1 heterocycles. The number of para-hydroxylation sites is 2. The molecule has 132 valence electrons. The van der Waals surface area contributed by atoms with Gasteiger partial charge in [0.05, 0.1) is 12.3 Å². The van der Waals surface area contributed by atoms with Crippen LogP contribution in [0.5, 0.6) is 5.75 Å². The quantitative estimate of drug-likeness (QED) is 0.815. The fraction of sp³-hybridized carbons (Fsp3) is 0.350. The molecule has 1 N–H and O–H groups in total. The number of hydrogen-bond donors (Lipinski definition) is 1. The number of urea groups is 1. The maximum Gasteiger partial charge on any atom is 0.321 e. The molecule has 2 aromatic rings. The van der Waals surface area contributed by atoms with E-state index in [0.29, 0.717) is 30.6 Å². The van der Waals surface area contributed by atoms with E-state index >= 15 is 0 Å². The van der Waals surface area contributed by atoms with Crippen LogP contribution in [0, 0.1) is 0 Å². The summed E-state index contributed by atoms with van der Waals surface area (Å²) in [4.78, 5) is 14.5. The monoisotopic (exact) mass is 340 g/mol. The Morgan fingerprint density at radius 1 is 1.12 bits per heavy atom. The van der Waals surface area contributed by atoms with Crippen molar-refractivity contribution in [2.24, 2.45) is 0 Å². The standard InChI is InChI=1S/C20H24N2O3/c1-24-13-14-25-19-10-6-5-9-18(19)21-20(23)22-12-11-17(15-22)16-7-3-2-4-8-16/h2-10,17H,11-15H2,1H3,(H,21,23)/t17-/m1/s1. The molecule has 0 bridgehead atoms. The first-order valence-corrected chi connectivity index (χ1v) is 8.59. The van der Waals surface area contributed by atoms with Crippen molar-refractivity contribution in [3.05, 3.63) is 60.2 Å². The molecule has 3 rings (SSSR count). The van der Waals surface area contributed by atoms with Crippen LogP contribution < -0.4 is 10.1 Å². The van der Waals surface area contributed by atoms with Gasteiger partial charge in [0, 0.05) is 26.1 Å². The molecule has 0 spiro atoms. The van der Waals surface area contributed by atoms with Gasteiger partial charge >= 0.3 is 6.03 Å². The third-order valence-corrected chi connectivity index (χ3v) is 4.42. The number of methoxy groups -OCH3 is 1. The van der Waals surface area contributed by atoms with Crippen molar-refractivity contribution >= 4 is 11.7 Å². The van der Waals surface area contributed by atoms with Crippen LogP contribution in [0.1, 0.15) is 17.9 Å². The van der Waals surface area contributed by atoms with Gasteiger partial charge in [0.15, 0.2) is 0 Å². The number of anilines is 1. The number of ether oxygens (including phenoxy) is 2. The average molecular weight is 340 g/mol. The number of carbonyl (C=O) groups excluding carboxylic acids is 1. The van der Waals surface area contributed by atoms with Crippen LogP contribution in [-0.4, -0.2) is 44.3 Å². The number of likely N-dealkylation sites (tertiary alicyclic amines) is 1. The highest BCUT2D eigenvalue weighted by Crippen LogP contribution is 2.29. The molecule has 0 aromatic heterocycles. The number of hydrogen-bond acceptors (Lipinski definition) is 3. The molecule has 1 fully saturated rings. The minimum Gasteiger partial charge on any atom is -0.489 e. The molecule has 0 radical (unpaired) electrons. The number of nitrogens with zero attached hydrogens (tertiary/aromatic N) is 1. The number of amides is 2. The van der Waals surface area contributed by atoms with Gasteiger partial charge < -0.3 is 19.7 Å². The van der Waals surface area contributed by atoms with Crippen LogP contribution >= 0.6 is 0 Å². The molecule has 1 atom stereocenters. The first-order valence-electron chi connectivity index (χ1n) is 8.59. The molecule has 0 aliphatic carbocycles. The van der Waals surface area contributed by atoms with Crippen LogP contribution in [-0.2, 0) is 4.74 Å². The van der Waals surface area contributed by atoms with E-state index in [1.807, 2.05) is 47.4 Å². The summed E-state index contributed by atoms with van der Waals surface area (Å²) in [6.45, 7) is 2.46. The summed E-state index contributed by atoms with van der Waals surface area (Å²) in [5.41, 5.74) is 1.98. The Kier molecular flexibility index (Phi) is 5.90. The average Bonchev–Trinajstić information content (AvgIpc) is 3.14. The van der Waals surface area contributed by atoms with Crippen LogP contribution in [0.25, 0.3) is 0 Å². The fourth-order valence-electron chi connectivity index (χ4n) is 3.07. The van der Waals surface area contributed by atoms with Gasteiger partial charge in [-0.05, 0) is 24.1 Å². The predicted molar refractivity (Wildman–Crippen MR) is 98.2 cm³/mol. The lowest BCUT2D eigenvalue weighted by Crippen LogP contribution is -2.33. The van der Waals surface area contributed by atoms with Crippen LogP contribution in [0.3, 0.4) is 0 Å². The lowest BCUT2D eigenvalue weighted by atomic mass is 9.99. The minimum atomic E-state index is -0.0822. The van der Waals surface area contributed by atoms with E-state index in [-0.39, 0.29) is 6.03 Å². The van der Waals surface area contributed by atoms with Gasteiger partial charge in [0.2, 0.25) is 0 Å². The Morgan fingerprint density at radius 3 is 2.68 bits per heavy atom. The maximum atomic E-state index is 12.6. The second-order valence-electron chi connectivity index (χ2n) is 6.11. The van der Waals surface area contributed by atoms with Gasteiger partial charge in [0.1, 0.15) is 12.4 Å². The molecular formula is C20H24N2O3. The highest BCUT2D eigenvalue weighted by molar-refractivity contribution is 5.91. The van der Waals surface area contributed by atoms with Crippen molar-refractivity contribution in [3.63, 3.8) is 0 Å². The molecule has 5 heteroatoms. The number of carbonyl (C=O) groups is 1. The van der Waals surface area contributed by atoms with Gasteiger partial charge in [-0.2, -0.15) is 0 Å². The lowest BCUT2D eigenvalue weighted by molar-refractivity contribution is 0.146. The predicted octanol–water partition coefficient (Wildman–Crippen LogP) is 3.73. The topological polar surface area (TPSA) is 50.8 Å². The summed E-state index contributed by atoms with van der Waals surface area (Å²) in [7, 11) is 1.63. The molecule has 25 heavy (non-hydrogen) atoms. The molecule has 1 saturated heterocycles. The number of rotatable bonds is 6. The summed E-state index contributed by atoms with van der Waals surface area (Å²) in [5, 5.41) is 2.97. The van der Waals surface area contributed by atoms with Crippen molar-refractivity contribution in [1.82, 2.24) is 4.90 Å². The summed E-state index contributed by atoms with van der Waals surface area (Å²) in [6, 6.07) is 17.8. The first kappa shape index (κ1) is 17.3. The van der Waals surface area contributed by atoms with Gasteiger partial charge in [-0.25, -0.2) is 4.79 Å². The number of benzene rings is 2. The molecule has 5 nitrogen and oxygen atoms in total. The zero-order chi connectivity index (χ0) is 17.5. The fourth-order valence-corrected chi connectivity index (χ4v) is 3.07. The van der Waals surface area contributed by atoms with Crippen molar-refractivity contribution in [1.29, 1.82) is 0 Å². The van der Waals surface area contributed by atoms with E-state index in [9.17, 15) is 4.79 Å². The van der Waals surface area contributed by atoms with E-state index in [1.165, 1.54) is 5.56 Å². The molecule has 1 aliphatic heterocycles. The zero-order valence-electron chi connectivity index (χ0n) is 14.5. The molecule has 0 unspecified atom stereocenters. The SMILES string of the molecule is COCCOc1ccccc1NC(=O)N1CC[C@@H](c2ccccc2)C1. The summed E-state index contributed by atoms with van der Waals surface area (Å²) in [6.07, 6.45) is 0.990. The molecule has 2 aromatic carbocycles. The summed E-state index contributed by atoms with van der Waals surface area (Å²) in [5.74, 6) is 1.06. The Balaban J connectivity index is 1.60. The Hall–Kier alpha value is -2.53.